The van der Waals surface area contributed by atoms with Crippen molar-refractivity contribution < 1.29 is 4.79 Å². The molecule has 1 aliphatic carbocycles. The topological polar surface area (TPSA) is 84.1 Å². The van der Waals surface area contributed by atoms with Crippen molar-refractivity contribution in [3.8, 4) is 0 Å². The molecule has 1 aromatic heterocycles. The van der Waals surface area contributed by atoms with Crippen LogP contribution in [0.3, 0.4) is 0 Å². The van der Waals surface area contributed by atoms with Crippen molar-refractivity contribution in [2.45, 2.75) is 25.3 Å². The van der Waals surface area contributed by atoms with Crippen molar-refractivity contribution in [3.63, 3.8) is 0 Å². The molecule has 19 heavy (non-hydrogen) atoms. The molecule has 2 atom stereocenters. The van der Waals surface area contributed by atoms with Crippen molar-refractivity contribution in [2.24, 2.45) is 11.7 Å². The zero-order valence-electron chi connectivity index (χ0n) is 11.5. The molecule has 1 aromatic rings. The van der Waals surface area contributed by atoms with E-state index in [0.717, 1.165) is 12.2 Å². The average Bonchev–Trinajstić information content (AvgIpc) is 2.94. The first-order chi connectivity index (χ1) is 9.17. The van der Waals surface area contributed by atoms with Crippen LogP contribution in [0, 0.1) is 5.92 Å². The number of carbonyl (C=O) groups is 1. The Morgan fingerprint density at radius 1 is 1.47 bits per heavy atom. The molecule has 104 valence electrons. The summed E-state index contributed by atoms with van der Waals surface area (Å²) in [6.07, 6.45) is 3.52. The van der Waals surface area contributed by atoms with Gasteiger partial charge in [-0.05, 0) is 37.4 Å². The van der Waals surface area contributed by atoms with Crippen molar-refractivity contribution in [1.29, 1.82) is 0 Å². The molecule has 1 fully saturated rings. The normalized spacial score (nSPS) is 22.3. The van der Waals surface area contributed by atoms with Gasteiger partial charge in [0.1, 0.15) is 0 Å². The first-order valence-electron chi connectivity index (χ1n) is 6.66. The van der Waals surface area contributed by atoms with Gasteiger partial charge in [0, 0.05) is 20.1 Å². The van der Waals surface area contributed by atoms with Crippen LogP contribution in [-0.2, 0) is 0 Å². The molecule has 0 spiro atoms. The molecule has 1 amide bonds. The zero-order valence-corrected chi connectivity index (χ0v) is 11.5. The van der Waals surface area contributed by atoms with E-state index < -0.39 is 0 Å². The first-order valence-corrected chi connectivity index (χ1v) is 6.66. The molecule has 6 nitrogen and oxygen atoms in total. The summed E-state index contributed by atoms with van der Waals surface area (Å²) in [7, 11) is 3.59. The van der Waals surface area contributed by atoms with Crippen LogP contribution in [0.1, 0.15) is 29.8 Å². The van der Waals surface area contributed by atoms with E-state index in [9.17, 15) is 4.79 Å². The Kier molecular flexibility index (Phi) is 4.31. The zero-order chi connectivity index (χ0) is 13.8. The van der Waals surface area contributed by atoms with Crippen molar-refractivity contribution >= 4 is 11.7 Å². The molecule has 0 bridgehead atoms. The summed E-state index contributed by atoms with van der Waals surface area (Å²) in [4.78, 5) is 13.5. The summed E-state index contributed by atoms with van der Waals surface area (Å²) in [6.45, 7) is 0.707. The first kappa shape index (κ1) is 13.7. The third kappa shape index (κ3) is 2.84. The smallest absolute Gasteiger partial charge is 0.271 e. The summed E-state index contributed by atoms with van der Waals surface area (Å²) in [5.41, 5.74) is 6.14. The third-order valence-corrected chi connectivity index (χ3v) is 3.89. The third-order valence-electron chi connectivity index (χ3n) is 3.89. The Bertz CT molecular complexity index is 433. The number of hydrogen-bond acceptors (Lipinski definition) is 5. The molecule has 1 saturated carbocycles. The number of aromatic nitrogens is 2. The van der Waals surface area contributed by atoms with Gasteiger partial charge in [0.05, 0.1) is 0 Å². The Hall–Kier alpha value is -1.69. The molecular formula is C13H21N5O. The van der Waals surface area contributed by atoms with Crippen LogP contribution in [0.2, 0.25) is 0 Å². The van der Waals surface area contributed by atoms with Gasteiger partial charge in [-0.3, -0.25) is 4.79 Å². The van der Waals surface area contributed by atoms with Crippen LogP contribution in [0.15, 0.2) is 12.1 Å². The van der Waals surface area contributed by atoms with Gasteiger partial charge < -0.3 is 16.0 Å². The largest absolute Gasteiger partial charge is 0.355 e. The SMILES string of the molecule is CNC(=O)c1ccc(N(C)C2CCCC2CN)nn1. The summed E-state index contributed by atoms with van der Waals surface area (Å²) in [6, 6.07) is 3.96. The Labute approximate surface area is 113 Å². The van der Waals surface area contributed by atoms with Crippen molar-refractivity contribution in [2.75, 3.05) is 25.5 Å². The van der Waals surface area contributed by atoms with E-state index in [1.54, 1.807) is 13.1 Å². The van der Waals surface area contributed by atoms with Crippen molar-refractivity contribution in [3.05, 3.63) is 17.8 Å². The minimum atomic E-state index is -0.220. The molecule has 1 aliphatic rings. The highest BCUT2D eigenvalue weighted by Crippen LogP contribution is 2.30. The van der Waals surface area contributed by atoms with Gasteiger partial charge in [-0.15, -0.1) is 10.2 Å². The van der Waals surface area contributed by atoms with Crippen LogP contribution >= 0.6 is 0 Å². The van der Waals surface area contributed by atoms with E-state index in [1.807, 2.05) is 13.1 Å². The van der Waals surface area contributed by atoms with Gasteiger partial charge in [-0.1, -0.05) is 6.42 Å². The standard InChI is InChI=1S/C13H21N5O/c1-15-13(19)10-6-7-12(17-16-10)18(2)11-5-3-4-9(11)8-14/h6-7,9,11H,3-5,8,14H2,1-2H3,(H,15,19). The van der Waals surface area contributed by atoms with Crippen LogP contribution < -0.4 is 16.0 Å². The van der Waals surface area contributed by atoms with Gasteiger partial charge in [0.25, 0.3) is 5.91 Å². The molecule has 0 aliphatic heterocycles. The second kappa shape index (κ2) is 5.97. The lowest BCUT2D eigenvalue weighted by molar-refractivity contribution is 0.0957. The minimum absolute atomic E-state index is 0.220. The van der Waals surface area contributed by atoms with E-state index >= 15 is 0 Å². The van der Waals surface area contributed by atoms with Gasteiger partial charge in [-0.25, -0.2) is 0 Å². The number of hydrogen-bond donors (Lipinski definition) is 2. The van der Waals surface area contributed by atoms with E-state index in [0.29, 0.717) is 24.2 Å². The van der Waals surface area contributed by atoms with Gasteiger partial charge in [0.2, 0.25) is 0 Å². The summed E-state index contributed by atoms with van der Waals surface area (Å²) < 4.78 is 0. The molecule has 0 saturated heterocycles. The molecule has 6 heteroatoms. The highest BCUT2D eigenvalue weighted by Gasteiger charge is 2.30. The quantitative estimate of drug-likeness (QED) is 0.821. The Morgan fingerprint density at radius 2 is 2.26 bits per heavy atom. The lowest BCUT2D eigenvalue weighted by Crippen LogP contribution is -2.38. The Balaban J connectivity index is 2.11. The van der Waals surface area contributed by atoms with Gasteiger partial charge >= 0.3 is 0 Å². The molecule has 0 aromatic carbocycles. The van der Waals surface area contributed by atoms with E-state index in [-0.39, 0.29) is 5.91 Å². The second-order valence-electron chi connectivity index (χ2n) is 4.96. The fourth-order valence-corrected chi connectivity index (χ4v) is 2.73. The fraction of sp³-hybridized carbons (Fsp3) is 0.615. The number of nitrogens with zero attached hydrogens (tertiary/aromatic N) is 3. The molecule has 3 N–H and O–H groups in total. The minimum Gasteiger partial charge on any atom is -0.355 e. The maximum Gasteiger partial charge on any atom is 0.271 e. The molecular weight excluding hydrogens is 242 g/mol. The van der Waals surface area contributed by atoms with Crippen LogP contribution in [0.5, 0.6) is 0 Å². The molecule has 0 radical (unpaired) electrons. The summed E-state index contributed by atoms with van der Waals surface area (Å²) in [5.74, 6) is 1.09. The highest BCUT2D eigenvalue weighted by molar-refractivity contribution is 5.91. The lowest BCUT2D eigenvalue weighted by atomic mass is 10.0. The molecule has 1 heterocycles. The number of nitrogens with one attached hydrogen (secondary N) is 1. The predicted molar refractivity (Wildman–Crippen MR) is 74.0 cm³/mol. The van der Waals surface area contributed by atoms with E-state index in [4.69, 9.17) is 5.73 Å². The maximum atomic E-state index is 11.4. The van der Waals surface area contributed by atoms with Crippen LogP contribution in [0.25, 0.3) is 0 Å². The lowest BCUT2D eigenvalue weighted by Gasteiger charge is -2.29. The van der Waals surface area contributed by atoms with E-state index in [1.165, 1.54) is 12.8 Å². The van der Waals surface area contributed by atoms with Crippen LogP contribution in [-0.4, -0.2) is 42.8 Å². The summed E-state index contributed by atoms with van der Waals surface area (Å²) >= 11 is 0. The number of carbonyl (C=O) groups excluding carboxylic acids is 1. The number of amides is 1. The predicted octanol–water partition coefficient (Wildman–Crippen LogP) is 0.400. The monoisotopic (exact) mass is 263 g/mol. The van der Waals surface area contributed by atoms with Crippen molar-refractivity contribution in [1.82, 2.24) is 15.5 Å². The number of nitrogens with two attached hydrogens (primary N) is 1. The van der Waals surface area contributed by atoms with E-state index in [2.05, 4.69) is 20.4 Å². The van der Waals surface area contributed by atoms with Gasteiger partial charge in [-0.2, -0.15) is 0 Å². The maximum absolute atomic E-state index is 11.4. The number of rotatable bonds is 4. The van der Waals surface area contributed by atoms with Gasteiger partial charge in [0.15, 0.2) is 11.5 Å². The second-order valence-corrected chi connectivity index (χ2v) is 4.96. The fourth-order valence-electron chi connectivity index (χ4n) is 2.73. The Morgan fingerprint density at radius 3 is 2.84 bits per heavy atom. The molecule has 2 rings (SSSR count). The highest BCUT2D eigenvalue weighted by atomic mass is 16.1. The molecule has 2 unspecified atom stereocenters. The average molecular weight is 263 g/mol. The summed E-state index contributed by atoms with van der Waals surface area (Å²) in [5, 5.41) is 10.6. The number of anilines is 1. The van der Waals surface area contributed by atoms with Crippen LogP contribution in [0.4, 0.5) is 5.82 Å².